The second-order valence-corrected chi connectivity index (χ2v) is 4.41. The van der Waals surface area contributed by atoms with E-state index in [1.165, 1.54) is 0 Å². The first-order chi connectivity index (χ1) is 8.79. The van der Waals surface area contributed by atoms with Crippen LogP contribution in [-0.4, -0.2) is 6.08 Å². The van der Waals surface area contributed by atoms with Crippen LogP contribution in [0.1, 0.15) is 17.2 Å². The molecule has 1 unspecified atom stereocenters. The Morgan fingerprint density at radius 2 is 1.72 bits per heavy atom. The molecule has 0 amide bonds. The van der Waals surface area contributed by atoms with Crippen molar-refractivity contribution in [3.8, 4) is 0 Å². The van der Waals surface area contributed by atoms with Gasteiger partial charge in [-0.3, -0.25) is 0 Å². The molecule has 0 N–H and O–H groups in total. The number of rotatable bonds is 4. The third-order valence-corrected chi connectivity index (χ3v) is 2.99. The van der Waals surface area contributed by atoms with Gasteiger partial charge in [0.2, 0.25) is 6.08 Å². The maximum absolute atomic E-state index is 10.5. The molecule has 0 bridgehead atoms. The van der Waals surface area contributed by atoms with Gasteiger partial charge in [0, 0.05) is 5.02 Å². The summed E-state index contributed by atoms with van der Waals surface area (Å²) in [6.07, 6.45) is 2.32. The molecule has 0 fully saturated rings. The van der Waals surface area contributed by atoms with Crippen molar-refractivity contribution < 1.29 is 4.79 Å². The smallest absolute Gasteiger partial charge is 0.211 e. The summed E-state index contributed by atoms with van der Waals surface area (Å²) >= 11 is 5.85. The molecule has 2 aromatic carbocycles. The number of halogens is 1. The Morgan fingerprint density at radius 3 is 2.33 bits per heavy atom. The molecule has 3 heteroatoms. The number of nitrogens with zero attached hydrogens (tertiary/aromatic N) is 1. The third-order valence-electron chi connectivity index (χ3n) is 2.74. The summed E-state index contributed by atoms with van der Waals surface area (Å²) in [5.41, 5.74) is 2.10. The lowest BCUT2D eigenvalue weighted by Crippen LogP contribution is -2.00. The molecule has 0 heterocycles. The molecule has 0 aliphatic heterocycles. The van der Waals surface area contributed by atoms with Crippen molar-refractivity contribution in [3.05, 3.63) is 70.7 Å². The summed E-state index contributed by atoms with van der Waals surface area (Å²) in [7, 11) is 0. The van der Waals surface area contributed by atoms with E-state index in [0.29, 0.717) is 11.4 Å². The molecular weight excluding hydrogens is 246 g/mol. The standard InChI is InChI=1S/C15H12ClNO/c16-14-8-6-13(7-9-14)15(17-11-18)10-12-4-2-1-3-5-12/h1-9,15H,10H2. The van der Waals surface area contributed by atoms with E-state index in [2.05, 4.69) is 4.99 Å². The van der Waals surface area contributed by atoms with Gasteiger partial charge in [0.1, 0.15) is 0 Å². The molecule has 0 aromatic heterocycles. The van der Waals surface area contributed by atoms with E-state index in [0.717, 1.165) is 11.1 Å². The summed E-state index contributed by atoms with van der Waals surface area (Å²) in [6, 6.07) is 17.1. The lowest BCUT2D eigenvalue weighted by molar-refractivity contribution is 0.557. The number of carbonyl (C=O) groups excluding carboxylic acids is 1. The highest BCUT2D eigenvalue weighted by molar-refractivity contribution is 6.30. The molecule has 0 saturated heterocycles. The zero-order valence-corrected chi connectivity index (χ0v) is 10.5. The summed E-state index contributed by atoms with van der Waals surface area (Å²) in [6.45, 7) is 0. The molecule has 2 rings (SSSR count). The maximum atomic E-state index is 10.5. The molecule has 2 aromatic rings. The van der Waals surface area contributed by atoms with E-state index >= 15 is 0 Å². The van der Waals surface area contributed by atoms with Gasteiger partial charge < -0.3 is 0 Å². The van der Waals surface area contributed by atoms with Crippen molar-refractivity contribution in [2.45, 2.75) is 12.5 Å². The van der Waals surface area contributed by atoms with Crippen LogP contribution in [0.2, 0.25) is 5.02 Å². The van der Waals surface area contributed by atoms with Gasteiger partial charge in [0.25, 0.3) is 0 Å². The molecule has 1 atom stereocenters. The van der Waals surface area contributed by atoms with Gasteiger partial charge in [-0.25, -0.2) is 4.79 Å². The second-order valence-electron chi connectivity index (χ2n) is 3.98. The van der Waals surface area contributed by atoms with Crippen LogP contribution in [0.5, 0.6) is 0 Å². The molecule has 90 valence electrons. The summed E-state index contributed by atoms with van der Waals surface area (Å²) in [4.78, 5) is 14.4. The fourth-order valence-electron chi connectivity index (χ4n) is 1.82. The van der Waals surface area contributed by atoms with Crippen LogP contribution < -0.4 is 0 Å². The van der Waals surface area contributed by atoms with Crippen LogP contribution in [0.3, 0.4) is 0 Å². The van der Waals surface area contributed by atoms with Crippen molar-refractivity contribution in [1.29, 1.82) is 0 Å². The topological polar surface area (TPSA) is 29.4 Å². The lowest BCUT2D eigenvalue weighted by Gasteiger charge is -2.11. The van der Waals surface area contributed by atoms with Crippen molar-refractivity contribution in [3.63, 3.8) is 0 Å². The van der Waals surface area contributed by atoms with E-state index in [1.54, 1.807) is 18.2 Å². The van der Waals surface area contributed by atoms with E-state index in [9.17, 15) is 4.79 Å². The normalized spacial score (nSPS) is 11.6. The molecule has 0 saturated carbocycles. The first-order valence-electron chi connectivity index (χ1n) is 5.66. The fraction of sp³-hybridized carbons (Fsp3) is 0.133. The Hall–Kier alpha value is -1.89. The minimum Gasteiger partial charge on any atom is -0.211 e. The lowest BCUT2D eigenvalue weighted by atomic mass is 9.99. The van der Waals surface area contributed by atoms with Gasteiger partial charge in [-0.05, 0) is 29.7 Å². The quantitative estimate of drug-likeness (QED) is 0.602. The van der Waals surface area contributed by atoms with Gasteiger partial charge in [0.05, 0.1) is 6.04 Å². The summed E-state index contributed by atoms with van der Waals surface area (Å²) in [5, 5.41) is 0.673. The van der Waals surface area contributed by atoms with Crippen molar-refractivity contribution >= 4 is 17.7 Å². The van der Waals surface area contributed by atoms with Crippen LogP contribution in [0.25, 0.3) is 0 Å². The van der Waals surface area contributed by atoms with Gasteiger partial charge in [-0.15, -0.1) is 0 Å². The van der Waals surface area contributed by atoms with Gasteiger partial charge in [0.15, 0.2) is 0 Å². The van der Waals surface area contributed by atoms with Crippen LogP contribution in [0.4, 0.5) is 0 Å². The molecule has 0 aliphatic rings. The Labute approximate surface area is 111 Å². The van der Waals surface area contributed by atoms with Crippen LogP contribution in [0, 0.1) is 0 Å². The van der Waals surface area contributed by atoms with Crippen LogP contribution in [-0.2, 0) is 11.2 Å². The predicted molar refractivity (Wildman–Crippen MR) is 72.5 cm³/mol. The molecular formula is C15H12ClNO. The van der Waals surface area contributed by atoms with E-state index in [1.807, 2.05) is 42.5 Å². The Balaban J connectivity index is 2.23. The van der Waals surface area contributed by atoms with Gasteiger partial charge in [-0.2, -0.15) is 4.99 Å². The highest BCUT2D eigenvalue weighted by atomic mass is 35.5. The van der Waals surface area contributed by atoms with Crippen LogP contribution in [0.15, 0.2) is 59.6 Å². The average Bonchev–Trinajstić information content (AvgIpc) is 2.40. The van der Waals surface area contributed by atoms with Gasteiger partial charge >= 0.3 is 0 Å². The Morgan fingerprint density at radius 1 is 1.06 bits per heavy atom. The highest BCUT2D eigenvalue weighted by Gasteiger charge is 2.10. The summed E-state index contributed by atoms with van der Waals surface area (Å²) in [5.74, 6) is 0. The fourth-order valence-corrected chi connectivity index (χ4v) is 1.95. The van der Waals surface area contributed by atoms with Gasteiger partial charge in [-0.1, -0.05) is 54.1 Å². The minimum atomic E-state index is -0.206. The number of aliphatic imine (C=N–C) groups is 1. The van der Waals surface area contributed by atoms with E-state index in [4.69, 9.17) is 11.6 Å². The highest BCUT2D eigenvalue weighted by Crippen LogP contribution is 2.23. The first kappa shape index (κ1) is 12.6. The average molecular weight is 258 g/mol. The molecule has 0 radical (unpaired) electrons. The summed E-state index contributed by atoms with van der Waals surface area (Å²) < 4.78 is 0. The number of benzene rings is 2. The molecule has 0 aliphatic carbocycles. The maximum Gasteiger partial charge on any atom is 0.235 e. The van der Waals surface area contributed by atoms with Crippen molar-refractivity contribution in [2.24, 2.45) is 4.99 Å². The van der Waals surface area contributed by atoms with E-state index in [-0.39, 0.29) is 6.04 Å². The Kier molecular flexibility index (Phi) is 4.30. The Bertz CT molecular complexity index is 544. The molecule has 0 spiro atoms. The SMILES string of the molecule is O=C=NC(Cc1ccccc1)c1ccc(Cl)cc1. The minimum absolute atomic E-state index is 0.206. The first-order valence-corrected chi connectivity index (χ1v) is 6.04. The predicted octanol–water partition coefficient (Wildman–Crippen LogP) is 3.96. The van der Waals surface area contributed by atoms with E-state index < -0.39 is 0 Å². The zero-order chi connectivity index (χ0) is 12.8. The van der Waals surface area contributed by atoms with Crippen molar-refractivity contribution in [1.82, 2.24) is 0 Å². The molecule has 18 heavy (non-hydrogen) atoms. The largest absolute Gasteiger partial charge is 0.235 e. The monoisotopic (exact) mass is 257 g/mol. The van der Waals surface area contributed by atoms with Crippen LogP contribution >= 0.6 is 11.6 Å². The number of isocyanates is 1. The zero-order valence-electron chi connectivity index (χ0n) is 9.71. The molecule has 2 nitrogen and oxygen atoms in total. The second kappa shape index (κ2) is 6.15. The third kappa shape index (κ3) is 3.30. The number of hydrogen-bond acceptors (Lipinski definition) is 2. The van der Waals surface area contributed by atoms with Crippen molar-refractivity contribution in [2.75, 3.05) is 0 Å². The number of hydrogen-bond donors (Lipinski definition) is 0.